The molecule has 0 aliphatic carbocycles. The first-order valence-corrected chi connectivity index (χ1v) is 11.1. The molecule has 4 aromatic rings. The van der Waals surface area contributed by atoms with Crippen molar-refractivity contribution in [1.29, 1.82) is 0 Å². The normalized spacial score (nSPS) is 15.6. The van der Waals surface area contributed by atoms with Gasteiger partial charge in [-0.1, -0.05) is 24.2 Å². The van der Waals surface area contributed by atoms with Gasteiger partial charge in [0.1, 0.15) is 22.3 Å². The third-order valence-corrected chi connectivity index (χ3v) is 6.30. The van der Waals surface area contributed by atoms with Gasteiger partial charge in [0.2, 0.25) is 5.91 Å². The summed E-state index contributed by atoms with van der Waals surface area (Å²) in [5.41, 5.74) is 1.80. The first-order chi connectivity index (χ1) is 16.5. The van der Waals surface area contributed by atoms with Crippen molar-refractivity contribution in [1.82, 2.24) is 19.0 Å². The largest absolute Gasteiger partial charge is 0.456 e. The number of benzene rings is 2. The molecule has 34 heavy (non-hydrogen) atoms. The standard InChI is InChI=1S/C25H20ClFN4O3/c1-2-23(32)29-13-11-17(15-29)31-20-10-12-28-14-21(20)30(25(31)33)16-6-8-18(9-7-16)34-22-5-3-4-19(27)24(22)26/h2-10,12,14,17H,1,11,13,15H2. The summed E-state index contributed by atoms with van der Waals surface area (Å²) < 4.78 is 22.7. The highest BCUT2D eigenvalue weighted by Gasteiger charge is 2.30. The van der Waals surface area contributed by atoms with E-state index in [4.69, 9.17) is 16.3 Å². The lowest BCUT2D eigenvalue weighted by atomic mass is 10.2. The maximum Gasteiger partial charge on any atom is 0.334 e. The molecule has 172 valence electrons. The molecular weight excluding hydrogens is 459 g/mol. The van der Waals surface area contributed by atoms with Crippen LogP contribution in [0.15, 0.2) is 78.4 Å². The molecule has 2 aromatic carbocycles. The van der Waals surface area contributed by atoms with E-state index in [-0.39, 0.29) is 28.4 Å². The maximum absolute atomic E-state index is 13.7. The lowest BCUT2D eigenvalue weighted by molar-refractivity contribution is -0.125. The van der Waals surface area contributed by atoms with Gasteiger partial charge in [-0.05, 0) is 55.0 Å². The predicted octanol–water partition coefficient (Wildman–Crippen LogP) is 4.73. The van der Waals surface area contributed by atoms with Gasteiger partial charge >= 0.3 is 5.69 Å². The predicted molar refractivity (Wildman–Crippen MR) is 127 cm³/mol. The Balaban J connectivity index is 1.50. The second-order valence-electron chi connectivity index (χ2n) is 7.93. The maximum atomic E-state index is 13.7. The molecule has 7 nitrogen and oxygen atoms in total. The highest BCUT2D eigenvalue weighted by molar-refractivity contribution is 6.32. The summed E-state index contributed by atoms with van der Waals surface area (Å²) in [6.45, 7) is 4.55. The van der Waals surface area contributed by atoms with Crippen molar-refractivity contribution in [2.45, 2.75) is 12.5 Å². The zero-order chi connectivity index (χ0) is 23.8. The van der Waals surface area contributed by atoms with Crippen LogP contribution in [-0.4, -0.2) is 38.0 Å². The number of imidazole rings is 1. The van der Waals surface area contributed by atoms with Crippen LogP contribution in [0.2, 0.25) is 5.02 Å². The molecule has 1 atom stereocenters. The monoisotopic (exact) mass is 478 g/mol. The summed E-state index contributed by atoms with van der Waals surface area (Å²) in [5.74, 6) is -0.0642. The van der Waals surface area contributed by atoms with Crippen LogP contribution in [0.1, 0.15) is 12.5 Å². The Kier molecular flexibility index (Phi) is 5.67. The topological polar surface area (TPSA) is 69.4 Å². The number of rotatable bonds is 5. The molecule has 0 radical (unpaired) electrons. The van der Waals surface area contributed by atoms with Crippen molar-refractivity contribution in [3.05, 3.63) is 94.9 Å². The Morgan fingerprint density at radius 2 is 1.97 bits per heavy atom. The fourth-order valence-corrected chi connectivity index (χ4v) is 4.47. The van der Waals surface area contributed by atoms with E-state index in [0.29, 0.717) is 36.5 Å². The van der Waals surface area contributed by atoms with E-state index >= 15 is 0 Å². The summed E-state index contributed by atoms with van der Waals surface area (Å²) in [4.78, 5) is 31.5. The second-order valence-corrected chi connectivity index (χ2v) is 8.31. The summed E-state index contributed by atoms with van der Waals surface area (Å²) in [6, 6.07) is 12.8. The number of ether oxygens (including phenoxy) is 1. The molecule has 1 fully saturated rings. The molecular formula is C25H20ClFN4O3. The molecule has 9 heteroatoms. The van der Waals surface area contributed by atoms with Crippen LogP contribution in [0.25, 0.3) is 16.7 Å². The lowest BCUT2D eigenvalue weighted by Crippen LogP contribution is -2.31. The van der Waals surface area contributed by atoms with E-state index in [1.807, 2.05) is 0 Å². The van der Waals surface area contributed by atoms with Crippen LogP contribution < -0.4 is 10.4 Å². The molecule has 2 aromatic heterocycles. The molecule has 3 heterocycles. The summed E-state index contributed by atoms with van der Waals surface area (Å²) in [6.07, 6.45) is 5.25. The smallest absolute Gasteiger partial charge is 0.334 e. The first kappa shape index (κ1) is 21.9. The number of pyridine rings is 1. The van der Waals surface area contributed by atoms with Crippen molar-refractivity contribution >= 4 is 28.5 Å². The highest BCUT2D eigenvalue weighted by Crippen LogP contribution is 2.32. The molecule has 1 aliphatic rings. The van der Waals surface area contributed by atoms with E-state index in [0.717, 1.165) is 5.52 Å². The Morgan fingerprint density at radius 3 is 2.74 bits per heavy atom. The first-order valence-electron chi connectivity index (χ1n) is 10.7. The van der Waals surface area contributed by atoms with Crippen LogP contribution in [0.3, 0.4) is 0 Å². The number of carbonyl (C=O) groups excluding carboxylic acids is 1. The van der Waals surface area contributed by atoms with Gasteiger partial charge in [-0.15, -0.1) is 0 Å². The molecule has 0 bridgehead atoms. The number of carbonyl (C=O) groups is 1. The number of nitrogens with zero attached hydrogens (tertiary/aromatic N) is 4. The fraction of sp³-hybridized carbons (Fsp3) is 0.160. The fourth-order valence-electron chi connectivity index (χ4n) is 4.31. The molecule has 0 saturated carbocycles. The minimum atomic E-state index is -0.567. The average molecular weight is 479 g/mol. The van der Waals surface area contributed by atoms with Crippen LogP contribution in [0, 0.1) is 5.82 Å². The van der Waals surface area contributed by atoms with Crippen LogP contribution >= 0.6 is 11.6 Å². The zero-order valence-electron chi connectivity index (χ0n) is 18.0. The molecule has 0 spiro atoms. The van der Waals surface area contributed by atoms with Gasteiger partial charge in [-0.25, -0.2) is 9.18 Å². The Bertz CT molecular complexity index is 1460. The summed E-state index contributed by atoms with van der Waals surface area (Å²) in [5, 5.41) is -0.0996. The van der Waals surface area contributed by atoms with Crippen molar-refractivity contribution in [2.75, 3.05) is 13.1 Å². The lowest BCUT2D eigenvalue weighted by Gasteiger charge is -2.15. The third kappa shape index (κ3) is 3.76. The van der Waals surface area contributed by atoms with E-state index in [1.165, 1.54) is 18.2 Å². The number of hydrogen-bond donors (Lipinski definition) is 0. The Hall–Kier alpha value is -3.91. The van der Waals surface area contributed by atoms with E-state index in [1.54, 1.807) is 62.8 Å². The van der Waals surface area contributed by atoms with Crippen molar-refractivity contribution in [2.24, 2.45) is 0 Å². The minimum Gasteiger partial charge on any atom is -0.456 e. The van der Waals surface area contributed by atoms with Crippen LogP contribution in [0.4, 0.5) is 4.39 Å². The van der Waals surface area contributed by atoms with Gasteiger partial charge in [0.25, 0.3) is 0 Å². The van der Waals surface area contributed by atoms with E-state index < -0.39 is 5.82 Å². The van der Waals surface area contributed by atoms with Gasteiger partial charge in [0, 0.05) is 19.3 Å². The number of halogens is 2. The van der Waals surface area contributed by atoms with Crippen molar-refractivity contribution < 1.29 is 13.9 Å². The summed E-state index contributed by atoms with van der Waals surface area (Å²) in [7, 11) is 0. The van der Waals surface area contributed by atoms with Gasteiger partial charge in [0.15, 0.2) is 0 Å². The SMILES string of the molecule is C=CC(=O)N1CCC(n2c(=O)n(-c3ccc(Oc4cccc(F)c4Cl)cc3)c3cnccc32)C1. The number of likely N-dealkylation sites (tertiary alicyclic amines) is 1. The molecule has 5 rings (SSSR count). The van der Waals surface area contributed by atoms with Gasteiger partial charge in [-0.2, -0.15) is 0 Å². The van der Waals surface area contributed by atoms with Crippen LogP contribution in [0.5, 0.6) is 11.5 Å². The number of fused-ring (bicyclic) bond motifs is 1. The quantitative estimate of drug-likeness (QED) is 0.389. The molecule has 0 N–H and O–H groups in total. The number of amides is 1. The van der Waals surface area contributed by atoms with Gasteiger partial charge < -0.3 is 9.64 Å². The molecule has 1 amide bonds. The molecule has 1 saturated heterocycles. The van der Waals surface area contributed by atoms with Crippen molar-refractivity contribution in [3.8, 4) is 17.2 Å². The van der Waals surface area contributed by atoms with Crippen LogP contribution in [-0.2, 0) is 4.79 Å². The Morgan fingerprint density at radius 1 is 1.18 bits per heavy atom. The number of hydrogen-bond acceptors (Lipinski definition) is 4. The number of aromatic nitrogens is 3. The van der Waals surface area contributed by atoms with E-state index in [2.05, 4.69) is 11.6 Å². The highest BCUT2D eigenvalue weighted by atomic mass is 35.5. The zero-order valence-corrected chi connectivity index (χ0v) is 18.8. The average Bonchev–Trinajstić information content (AvgIpc) is 3.44. The minimum absolute atomic E-state index is 0.0996. The summed E-state index contributed by atoms with van der Waals surface area (Å²) >= 11 is 5.98. The second kappa shape index (κ2) is 8.79. The molecule has 1 unspecified atom stereocenters. The van der Waals surface area contributed by atoms with Crippen molar-refractivity contribution in [3.63, 3.8) is 0 Å². The Labute approximate surface area is 199 Å². The third-order valence-electron chi connectivity index (χ3n) is 5.93. The van der Waals surface area contributed by atoms with E-state index in [9.17, 15) is 14.0 Å². The molecule has 1 aliphatic heterocycles. The van der Waals surface area contributed by atoms with Gasteiger partial charge in [0.05, 0.1) is 29.0 Å². The van der Waals surface area contributed by atoms with Gasteiger partial charge in [-0.3, -0.25) is 18.9 Å².